The van der Waals surface area contributed by atoms with Crippen LogP contribution in [0.25, 0.3) is 11.4 Å². The summed E-state index contributed by atoms with van der Waals surface area (Å²) in [5, 5.41) is 12.3. The fraction of sp³-hybridized carbons (Fsp3) is 0.182. The SMILES string of the molecule is CC(OI)c1nc(-c2ccc(C#N)cc2F)no1. The van der Waals surface area contributed by atoms with Crippen LogP contribution in [0.1, 0.15) is 24.5 Å². The van der Waals surface area contributed by atoms with Crippen LogP contribution in [0.5, 0.6) is 0 Å². The Hall–Kier alpha value is -1.53. The van der Waals surface area contributed by atoms with Crippen LogP contribution in [0.3, 0.4) is 0 Å². The number of nitrogens with zero attached hydrogens (tertiary/aromatic N) is 3. The fourth-order valence-electron chi connectivity index (χ4n) is 1.31. The number of halogens is 2. The Morgan fingerprint density at radius 1 is 1.56 bits per heavy atom. The Balaban J connectivity index is 2.38. The van der Waals surface area contributed by atoms with Crippen LogP contribution in [0.2, 0.25) is 0 Å². The van der Waals surface area contributed by atoms with Crippen molar-refractivity contribution in [1.82, 2.24) is 10.1 Å². The third kappa shape index (κ3) is 2.49. The molecule has 0 saturated carbocycles. The molecule has 0 radical (unpaired) electrons. The third-order valence-electron chi connectivity index (χ3n) is 2.26. The molecule has 5 nitrogen and oxygen atoms in total. The summed E-state index contributed by atoms with van der Waals surface area (Å²) in [4.78, 5) is 4.04. The second kappa shape index (κ2) is 5.41. The van der Waals surface area contributed by atoms with Crippen LogP contribution < -0.4 is 0 Å². The number of hydrogen-bond donors (Lipinski definition) is 0. The molecule has 0 fully saturated rings. The number of rotatable bonds is 3. The van der Waals surface area contributed by atoms with Crippen molar-refractivity contribution in [2.75, 3.05) is 0 Å². The zero-order valence-electron chi connectivity index (χ0n) is 9.22. The molecule has 2 rings (SSSR count). The lowest BCUT2D eigenvalue weighted by Gasteiger charge is -1.99. The molecule has 0 spiro atoms. The van der Waals surface area contributed by atoms with Gasteiger partial charge >= 0.3 is 0 Å². The van der Waals surface area contributed by atoms with E-state index in [1.54, 1.807) is 29.9 Å². The van der Waals surface area contributed by atoms with Crippen molar-refractivity contribution < 1.29 is 12.0 Å². The average Bonchev–Trinajstić information content (AvgIpc) is 2.87. The van der Waals surface area contributed by atoms with Gasteiger partial charge in [-0.2, -0.15) is 10.2 Å². The van der Waals surface area contributed by atoms with Crippen LogP contribution in [0.4, 0.5) is 4.39 Å². The van der Waals surface area contributed by atoms with Crippen LogP contribution in [0.15, 0.2) is 22.7 Å². The molecule has 1 atom stereocenters. The van der Waals surface area contributed by atoms with E-state index in [-0.39, 0.29) is 28.9 Å². The summed E-state index contributed by atoms with van der Waals surface area (Å²) < 4.78 is 23.7. The first kappa shape index (κ1) is 12.9. The van der Waals surface area contributed by atoms with Crippen LogP contribution in [-0.2, 0) is 3.07 Å². The van der Waals surface area contributed by atoms with Crippen molar-refractivity contribution in [3.05, 3.63) is 35.5 Å². The molecule has 0 saturated heterocycles. The Morgan fingerprint density at radius 2 is 2.33 bits per heavy atom. The van der Waals surface area contributed by atoms with E-state index in [1.165, 1.54) is 12.1 Å². The fourth-order valence-corrected chi connectivity index (χ4v) is 1.53. The first-order chi connectivity index (χ1) is 8.65. The molecule has 1 aromatic carbocycles. The molecule has 0 amide bonds. The van der Waals surface area contributed by atoms with Gasteiger partial charge in [-0.05, 0) is 25.1 Å². The molecule has 1 heterocycles. The topological polar surface area (TPSA) is 71.9 Å². The van der Waals surface area contributed by atoms with Crippen LogP contribution in [-0.4, -0.2) is 10.1 Å². The highest BCUT2D eigenvalue weighted by Crippen LogP contribution is 2.24. The molecular weight excluding hydrogens is 352 g/mol. The lowest BCUT2D eigenvalue weighted by atomic mass is 10.1. The predicted molar refractivity (Wildman–Crippen MR) is 67.9 cm³/mol. The Labute approximate surface area is 116 Å². The van der Waals surface area contributed by atoms with E-state index in [0.29, 0.717) is 0 Å². The number of benzene rings is 1. The molecular formula is C11H7FIN3O2. The Bertz CT molecular complexity index is 609. The molecule has 18 heavy (non-hydrogen) atoms. The predicted octanol–water partition coefficient (Wildman–Crippen LogP) is 3.17. The Kier molecular flexibility index (Phi) is 3.88. The second-order valence-electron chi connectivity index (χ2n) is 3.49. The maximum Gasteiger partial charge on any atom is 0.256 e. The smallest absolute Gasteiger partial charge is 0.256 e. The average molecular weight is 359 g/mol. The highest BCUT2D eigenvalue weighted by Gasteiger charge is 2.17. The number of nitriles is 1. The van der Waals surface area contributed by atoms with Crippen molar-refractivity contribution in [1.29, 1.82) is 5.26 Å². The van der Waals surface area contributed by atoms with Gasteiger partial charge in [-0.1, -0.05) is 5.16 Å². The minimum atomic E-state index is -0.565. The van der Waals surface area contributed by atoms with Crippen molar-refractivity contribution >= 4 is 23.0 Å². The van der Waals surface area contributed by atoms with Crippen LogP contribution in [0, 0.1) is 17.1 Å². The minimum Gasteiger partial charge on any atom is -0.336 e. The zero-order valence-corrected chi connectivity index (χ0v) is 11.4. The largest absolute Gasteiger partial charge is 0.336 e. The molecule has 0 aliphatic heterocycles. The van der Waals surface area contributed by atoms with Gasteiger partial charge in [-0.3, -0.25) is 0 Å². The molecule has 92 valence electrons. The summed E-state index contributed by atoms with van der Waals surface area (Å²) in [5.74, 6) is -0.167. The summed E-state index contributed by atoms with van der Waals surface area (Å²) in [6.07, 6.45) is -0.367. The third-order valence-corrected chi connectivity index (χ3v) is 3.03. The summed E-state index contributed by atoms with van der Waals surface area (Å²) >= 11 is 1.72. The molecule has 1 unspecified atom stereocenters. The minimum absolute atomic E-state index is 0.132. The molecule has 2 aromatic rings. The normalized spacial score (nSPS) is 12.1. The molecule has 0 aliphatic carbocycles. The van der Waals surface area contributed by atoms with Gasteiger partial charge in [-0.25, -0.2) is 4.39 Å². The second-order valence-corrected chi connectivity index (χ2v) is 4.00. The summed E-state index contributed by atoms with van der Waals surface area (Å²) in [6, 6.07) is 5.92. The van der Waals surface area contributed by atoms with E-state index in [0.717, 1.165) is 6.07 Å². The lowest BCUT2D eigenvalue weighted by Crippen LogP contribution is -1.93. The molecule has 1 aromatic heterocycles. The van der Waals surface area contributed by atoms with Crippen molar-refractivity contribution in [3.8, 4) is 17.5 Å². The van der Waals surface area contributed by atoms with Crippen LogP contribution >= 0.6 is 23.0 Å². The standard InChI is InChI=1S/C11H7FIN3O2/c1-6(17-13)11-15-10(16-18-11)8-3-2-7(5-14)4-9(8)12/h2-4,6H,1H3. The van der Waals surface area contributed by atoms with E-state index in [2.05, 4.69) is 10.1 Å². The Morgan fingerprint density at radius 3 is 2.94 bits per heavy atom. The van der Waals surface area contributed by atoms with Crippen molar-refractivity contribution in [2.24, 2.45) is 0 Å². The molecule has 0 aliphatic rings. The van der Waals surface area contributed by atoms with E-state index in [4.69, 9.17) is 12.9 Å². The van der Waals surface area contributed by atoms with Gasteiger partial charge < -0.3 is 7.59 Å². The van der Waals surface area contributed by atoms with Gasteiger partial charge in [0.1, 0.15) is 34.9 Å². The van der Waals surface area contributed by atoms with Gasteiger partial charge in [0.25, 0.3) is 5.89 Å². The molecule has 0 bridgehead atoms. The maximum atomic E-state index is 13.7. The highest BCUT2D eigenvalue weighted by atomic mass is 127. The van der Waals surface area contributed by atoms with E-state index >= 15 is 0 Å². The van der Waals surface area contributed by atoms with E-state index < -0.39 is 5.82 Å². The van der Waals surface area contributed by atoms with Gasteiger partial charge in [0.15, 0.2) is 0 Å². The van der Waals surface area contributed by atoms with E-state index in [1.807, 2.05) is 6.07 Å². The summed E-state index contributed by atoms with van der Waals surface area (Å²) in [5.41, 5.74) is 0.425. The number of hydrogen-bond acceptors (Lipinski definition) is 5. The monoisotopic (exact) mass is 359 g/mol. The first-order valence-electron chi connectivity index (χ1n) is 4.96. The van der Waals surface area contributed by atoms with Gasteiger partial charge in [0, 0.05) is 0 Å². The van der Waals surface area contributed by atoms with Gasteiger partial charge in [-0.15, -0.1) is 0 Å². The zero-order chi connectivity index (χ0) is 13.1. The van der Waals surface area contributed by atoms with Gasteiger partial charge in [0.05, 0.1) is 17.2 Å². The molecule has 0 N–H and O–H groups in total. The first-order valence-corrected chi connectivity index (χ1v) is 5.84. The van der Waals surface area contributed by atoms with Crippen molar-refractivity contribution in [3.63, 3.8) is 0 Å². The van der Waals surface area contributed by atoms with Crippen molar-refractivity contribution in [2.45, 2.75) is 13.0 Å². The highest BCUT2D eigenvalue weighted by molar-refractivity contribution is 14.1. The molecule has 7 heteroatoms. The maximum absolute atomic E-state index is 13.7. The quantitative estimate of drug-likeness (QED) is 0.788. The summed E-state index contributed by atoms with van der Waals surface area (Å²) in [6.45, 7) is 1.73. The van der Waals surface area contributed by atoms with Gasteiger partial charge in [0.2, 0.25) is 5.82 Å². The lowest BCUT2D eigenvalue weighted by molar-refractivity contribution is 0.235. The van der Waals surface area contributed by atoms with E-state index in [9.17, 15) is 4.39 Å². The number of aromatic nitrogens is 2. The summed E-state index contributed by atoms with van der Waals surface area (Å²) in [7, 11) is 0.